The lowest BCUT2D eigenvalue weighted by atomic mass is 9.36. The third kappa shape index (κ3) is 4.06. The summed E-state index contributed by atoms with van der Waals surface area (Å²) >= 11 is 0. The van der Waals surface area contributed by atoms with Gasteiger partial charge in [0.05, 0.1) is 37.8 Å². The highest BCUT2D eigenvalue weighted by molar-refractivity contribution is 5.93. The molecule has 1 spiro atoms. The maximum Gasteiger partial charge on any atom is 0.341 e. The van der Waals surface area contributed by atoms with Gasteiger partial charge in [0, 0.05) is 29.7 Å². The van der Waals surface area contributed by atoms with E-state index in [1.54, 1.807) is 6.92 Å². The van der Waals surface area contributed by atoms with Gasteiger partial charge in [-0.1, -0.05) is 6.92 Å². The molecule has 0 radical (unpaired) electrons. The summed E-state index contributed by atoms with van der Waals surface area (Å²) in [5, 5.41) is 43.3. The third-order valence-electron chi connectivity index (χ3n) is 10.2. The van der Waals surface area contributed by atoms with Gasteiger partial charge in [-0.25, -0.2) is 9.59 Å². The van der Waals surface area contributed by atoms with E-state index in [2.05, 4.69) is 0 Å². The van der Waals surface area contributed by atoms with Crippen LogP contribution in [0.25, 0.3) is 0 Å². The average Bonchev–Trinajstić information content (AvgIpc) is 3.13. The molecule has 12 heteroatoms. The largest absolute Gasteiger partial charge is 0.481 e. The SMILES string of the molecule is COC(=O)[C@@]12OC[C@]34[C@H](CC(=O)[C@H](OC(=O)/C=C(\C)C(C)(C)O)[C@@H]13)C[C@@H](C(C)=O)[C@](C)(CC(=O)O)[C@H]4[C@@H](O)[C@@H]2O. The van der Waals surface area contributed by atoms with Crippen LogP contribution in [0.15, 0.2) is 11.6 Å². The number of esters is 2. The fourth-order valence-corrected chi connectivity index (χ4v) is 8.38. The summed E-state index contributed by atoms with van der Waals surface area (Å²) in [6.45, 7) is 7.03. The second-order valence-corrected chi connectivity index (χ2v) is 12.7. The Morgan fingerprint density at radius 3 is 2.30 bits per heavy atom. The van der Waals surface area contributed by atoms with Gasteiger partial charge in [-0.3, -0.25) is 14.4 Å². The van der Waals surface area contributed by atoms with Gasteiger partial charge >= 0.3 is 17.9 Å². The zero-order valence-electron chi connectivity index (χ0n) is 23.5. The number of aliphatic hydroxyl groups is 3. The van der Waals surface area contributed by atoms with Gasteiger partial charge < -0.3 is 34.6 Å². The second-order valence-electron chi connectivity index (χ2n) is 12.7. The van der Waals surface area contributed by atoms with E-state index in [0.717, 1.165) is 13.2 Å². The summed E-state index contributed by atoms with van der Waals surface area (Å²) in [4.78, 5) is 65.0. The topological polar surface area (TPSA) is 194 Å². The molecular weight excluding hydrogens is 528 g/mol. The molecular formula is C28H38O12. The quantitative estimate of drug-likeness (QED) is 0.242. The first-order valence-electron chi connectivity index (χ1n) is 13.3. The van der Waals surface area contributed by atoms with Gasteiger partial charge in [0.15, 0.2) is 11.9 Å². The van der Waals surface area contributed by atoms with Crippen molar-refractivity contribution in [1.82, 2.24) is 0 Å². The molecule has 10 atom stereocenters. The van der Waals surface area contributed by atoms with E-state index in [4.69, 9.17) is 14.2 Å². The molecule has 1 heterocycles. The molecule has 222 valence electrons. The summed E-state index contributed by atoms with van der Waals surface area (Å²) in [6.07, 6.45) is -4.96. The van der Waals surface area contributed by atoms with E-state index in [1.807, 2.05) is 0 Å². The number of ether oxygens (including phenoxy) is 3. The van der Waals surface area contributed by atoms with Crippen LogP contribution >= 0.6 is 0 Å². The molecule has 3 saturated carbocycles. The van der Waals surface area contributed by atoms with E-state index >= 15 is 0 Å². The van der Waals surface area contributed by atoms with Crippen LogP contribution in [-0.2, 0) is 38.2 Å². The number of hydrogen-bond acceptors (Lipinski definition) is 11. The van der Waals surface area contributed by atoms with Crippen LogP contribution in [0.2, 0.25) is 0 Å². The van der Waals surface area contributed by atoms with Crippen LogP contribution in [0.4, 0.5) is 0 Å². The molecule has 0 aromatic heterocycles. The van der Waals surface area contributed by atoms with Gasteiger partial charge in [0.25, 0.3) is 0 Å². The number of carbonyl (C=O) groups excluding carboxylic acids is 4. The van der Waals surface area contributed by atoms with Crippen molar-refractivity contribution in [1.29, 1.82) is 0 Å². The summed E-state index contributed by atoms with van der Waals surface area (Å²) in [6, 6.07) is 0. The lowest BCUT2D eigenvalue weighted by Crippen LogP contribution is -2.77. The van der Waals surface area contributed by atoms with Crippen molar-refractivity contribution < 1.29 is 58.6 Å². The van der Waals surface area contributed by atoms with E-state index in [-0.39, 0.29) is 30.8 Å². The van der Waals surface area contributed by atoms with Gasteiger partial charge in [-0.05, 0) is 51.0 Å². The second kappa shape index (κ2) is 9.71. The highest BCUT2D eigenvalue weighted by atomic mass is 16.6. The molecule has 40 heavy (non-hydrogen) atoms. The Bertz CT molecular complexity index is 1170. The highest BCUT2D eigenvalue weighted by Crippen LogP contribution is 2.73. The molecule has 0 unspecified atom stereocenters. The van der Waals surface area contributed by atoms with Crippen LogP contribution in [0.3, 0.4) is 0 Å². The minimum absolute atomic E-state index is 0.0830. The number of methoxy groups -OCH3 is 1. The molecule has 0 aromatic rings. The Morgan fingerprint density at radius 2 is 1.77 bits per heavy atom. The maximum absolute atomic E-state index is 13.7. The predicted octanol–water partition coefficient (Wildman–Crippen LogP) is 0.191. The number of hydrogen-bond donors (Lipinski definition) is 4. The molecule has 0 amide bonds. The van der Waals surface area contributed by atoms with E-state index in [1.165, 1.54) is 27.7 Å². The summed E-state index contributed by atoms with van der Waals surface area (Å²) < 4.78 is 16.7. The van der Waals surface area contributed by atoms with E-state index in [0.29, 0.717) is 0 Å². The number of carbonyl (C=O) groups is 5. The molecule has 0 aromatic carbocycles. The fraction of sp³-hybridized carbons (Fsp3) is 0.750. The van der Waals surface area contributed by atoms with Crippen molar-refractivity contribution in [2.75, 3.05) is 13.7 Å². The Hall–Kier alpha value is -2.67. The average molecular weight is 567 g/mol. The Balaban J connectivity index is 1.94. The smallest absolute Gasteiger partial charge is 0.341 e. The number of Topliss-reactive ketones (excluding diaryl/α,β-unsaturated/α-hetero) is 2. The first kappa shape index (κ1) is 30.3. The lowest BCUT2D eigenvalue weighted by molar-refractivity contribution is -0.267. The molecule has 1 saturated heterocycles. The van der Waals surface area contributed by atoms with Crippen molar-refractivity contribution in [2.24, 2.45) is 34.5 Å². The molecule has 2 bridgehead atoms. The molecule has 4 N–H and O–H groups in total. The number of carboxylic acids is 1. The van der Waals surface area contributed by atoms with Crippen molar-refractivity contribution in [3.63, 3.8) is 0 Å². The van der Waals surface area contributed by atoms with Crippen LogP contribution in [0, 0.1) is 34.5 Å². The minimum Gasteiger partial charge on any atom is -0.481 e. The van der Waals surface area contributed by atoms with Crippen molar-refractivity contribution >= 4 is 29.5 Å². The van der Waals surface area contributed by atoms with Crippen LogP contribution in [0.5, 0.6) is 0 Å². The third-order valence-corrected chi connectivity index (χ3v) is 10.2. The van der Waals surface area contributed by atoms with Gasteiger partial charge in [0.1, 0.15) is 11.9 Å². The first-order chi connectivity index (χ1) is 18.4. The van der Waals surface area contributed by atoms with Gasteiger partial charge in [-0.2, -0.15) is 0 Å². The fourth-order valence-electron chi connectivity index (χ4n) is 8.38. The first-order valence-corrected chi connectivity index (χ1v) is 13.3. The number of aliphatic carboxylic acids is 1. The molecule has 3 aliphatic carbocycles. The summed E-state index contributed by atoms with van der Waals surface area (Å²) in [5.74, 6) is -8.17. The number of carboxylic acid groups (broad SMARTS) is 1. The number of aliphatic hydroxyl groups excluding tert-OH is 2. The normalized spacial score (nSPS) is 42.6. The zero-order valence-corrected chi connectivity index (χ0v) is 23.5. The number of ketones is 2. The highest BCUT2D eigenvalue weighted by Gasteiger charge is 2.83. The van der Waals surface area contributed by atoms with Crippen LogP contribution < -0.4 is 0 Å². The van der Waals surface area contributed by atoms with Crippen LogP contribution in [0.1, 0.15) is 53.9 Å². The van der Waals surface area contributed by atoms with Gasteiger partial charge in [0.2, 0.25) is 5.60 Å². The van der Waals surface area contributed by atoms with Crippen LogP contribution in [-0.4, -0.2) is 93.1 Å². The van der Waals surface area contributed by atoms with Crippen molar-refractivity contribution in [3.8, 4) is 0 Å². The van der Waals surface area contributed by atoms with Gasteiger partial charge in [-0.15, -0.1) is 0 Å². The zero-order chi connectivity index (χ0) is 30.2. The molecule has 4 aliphatic rings. The maximum atomic E-state index is 13.7. The standard InChI is InChI=1S/C28H38O12/c1-12(25(3,4)37)7-18(33)40-20-16(30)9-14-8-15(13(2)29)26(5,10-17(31)32)21-19(34)23(35)28(24(36)38-6)22(20)27(14,21)11-39-28/h7,14-15,19-23,34-35,37H,8-11H2,1-6H3,(H,31,32)/b12-7+/t14-,15-,19+,20-,21+,22+,23-,26-,27+,28+/m0/s1. The lowest BCUT2D eigenvalue weighted by Gasteiger charge is -2.67. The molecule has 1 aliphatic heterocycles. The number of rotatable bonds is 7. The Morgan fingerprint density at radius 1 is 1.15 bits per heavy atom. The molecule has 12 nitrogen and oxygen atoms in total. The molecule has 4 rings (SSSR count). The summed E-state index contributed by atoms with van der Waals surface area (Å²) in [7, 11) is 1.05. The monoisotopic (exact) mass is 566 g/mol. The minimum atomic E-state index is -2.30. The van der Waals surface area contributed by atoms with E-state index < -0.39 is 94.1 Å². The Labute approximate surface area is 231 Å². The molecule has 4 fully saturated rings. The van der Waals surface area contributed by atoms with Crippen molar-refractivity contribution in [3.05, 3.63) is 11.6 Å². The van der Waals surface area contributed by atoms with Crippen molar-refractivity contribution in [2.45, 2.75) is 83.4 Å². The predicted molar refractivity (Wildman–Crippen MR) is 134 cm³/mol. The van der Waals surface area contributed by atoms with E-state index in [9.17, 15) is 44.4 Å². The Kier molecular flexibility index (Phi) is 7.36. The summed E-state index contributed by atoms with van der Waals surface area (Å²) in [5.41, 5.74) is -6.15.